The van der Waals surface area contributed by atoms with Crippen LogP contribution in [0.2, 0.25) is 0 Å². The second-order valence-electron chi connectivity index (χ2n) is 4.31. The van der Waals surface area contributed by atoms with Crippen molar-refractivity contribution in [1.29, 1.82) is 0 Å². The van der Waals surface area contributed by atoms with Crippen molar-refractivity contribution < 1.29 is 13.6 Å². The molecular weight excluding hydrogens is 260 g/mol. The highest BCUT2D eigenvalue weighted by Crippen LogP contribution is 2.13. The molecule has 0 saturated carbocycles. The predicted molar refractivity (Wildman–Crippen MR) is 75.2 cm³/mol. The number of rotatable bonds is 3. The summed E-state index contributed by atoms with van der Waals surface area (Å²) in [6, 6.07) is 10.8. The van der Waals surface area contributed by atoms with Crippen LogP contribution in [-0.2, 0) is 4.79 Å². The van der Waals surface area contributed by atoms with E-state index >= 15 is 0 Å². The fourth-order valence-electron chi connectivity index (χ4n) is 1.70. The summed E-state index contributed by atoms with van der Waals surface area (Å²) in [4.78, 5) is 11.7. The Hall–Kier alpha value is -2.49. The highest BCUT2D eigenvalue weighted by molar-refractivity contribution is 6.01. The van der Waals surface area contributed by atoms with Gasteiger partial charge in [-0.1, -0.05) is 24.3 Å². The van der Waals surface area contributed by atoms with E-state index in [4.69, 9.17) is 0 Å². The van der Waals surface area contributed by atoms with Gasteiger partial charge in [0.05, 0.1) is 0 Å². The zero-order valence-electron chi connectivity index (χ0n) is 10.9. The maximum absolute atomic E-state index is 13.0. The van der Waals surface area contributed by atoms with E-state index in [1.54, 1.807) is 6.08 Å². The lowest BCUT2D eigenvalue weighted by Gasteiger charge is -2.03. The second kappa shape index (κ2) is 6.10. The van der Waals surface area contributed by atoms with E-state index in [0.717, 1.165) is 23.3 Å². The van der Waals surface area contributed by atoms with E-state index in [0.29, 0.717) is 0 Å². The first-order valence-corrected chi connectivity index (χ1v) is 6.06. The number of benzene rings is 2. The second-order valence-corrected chi connectivity index (χ2v) is 4.31. The molecule has 2 aromatic rings. The molecule has 0 aromatic heterocycles. The Morgan fingerprint density at radius 1 is 1.10 bits per heavy atom. The van der Waals surface area contributed by atoms with Crippen LogP contribution in [0.4, 0.5) is 14.5 Å². The molecule has 0 aliphatic rings. The Morgan fingerprint density at radius 2 is 1.85 bits per heavy atom. The molecule has 0 saturated heterocycles. The maximum atomic E-state index is 13.0. The van der Waals surface area contributed by atoms with Crippen molar-refractivity contribution in [3.05, 3.63) is 71.3 Å². The highest BCUT2D eigenvalue weighted by Gasteiger charge is 2.04. The zero-order chi connectivity index (χ0) is 14.5. The van der Waals surface area contributed by atoms with Crippen molar-refractivity contribution in [2.45, 2.75) is 6.92 Å². The minimum Gasteiger partial charge on any atom is -0.322 e. The van der Waals surface area contributed by atoms with Gasteiger partial charge in [-0.2, -0.15) is 0 Å². The third kappa shape index (κ3) is 3.51. The molecule has 2 rings (SSSR count). The average Bonchev–Trinajstić information content (AvgIpc) is 2.42. The molecule has 0 aliphatic carbocycles. The summed E-state index contributed by atoms with van der Waals surface area (Å²) in [5, 5.41) is 2.47. The first kappa shape index (κ1) is 13.9. The van der Waals surface area contributed by atoms with Crippen LogP contribution in [0.25, 0.3) is 6.08 Å². The molecule has 1 N–H and O–H groups in total. The number of carbonyl (C=O) groups excluding carboxylic acids is 1. The monoisotopic (exact) mass is 273 g/mol. The Morgan fingerprint density at radius 3 is 2.55 bits per heavy atom. The van der Waals surface area contributed by atoms with Crippen LogP contribution in [0.1, 0.15) is 11.1 Å². The van der Waals surface area contributed by atoms with Crippen LogP contribution in [0.15, 0.2) is 48.5 Å². The number of aryl methyl sites for hydroxylation is 1. The summed E-state index contributed by atoms with van der Waals surface area (Å²) >= 11 is 0. The van der Waals surface area contributed by atoms with Gasteiger partial charge in [0.15, 0.2) is 11.6 Å². The Bertz CT molecular complexity index is 665. The van der Waals surface area contributed by atoms with Crippen LogP contribution in [0.5, 0.6) is 0 Å². The number of carbonyl (C=O) groups is 1. The van der Waals surface area contributed by atoms with Gasteiger partial charge in [0, 0.05) is 17.8 Å². The van der Waals surface area contributed by atoms with E-state index < -0.39 is 17.5 Å². The summed E-state index contributed by atoms with van der Waals surface area (Å²) < 4.78 is 25.7. The molecule has 0 fully saturated rings. The number of anilines is 1. The summed E-state index contributed by atoms with van der Waals surface area (Å²) in [6.07, 6.45) is 3.02. The summed E-state index contributed by atoms with van der Waals surface area (Å²) in [5.41, 5.74) is 2.18. The fraction of sp³-hybridized carbons (Fsp3) is 0.0625. The van der Waals surface area contributed by atoms with Gasteiger partial charge in [-0.25, -0.2) is 8.78 Å². The smallest absolute Gasteiger partial charge is 0.248 e. The molecule has 2 aromatic carbocycles. The third-order valence-electron chi connectivity index (χ3n) is 2.79. The first-order valence-electron chi connectivity index (χ1n) is 6.06. The largest absolute Gasteiger partial charge is 0.322 e. The fourth-order valence-corrected chi connectivity index (χ4v) is 1.70. The van der Waals surface area contributed by atoms with Crippen LogP contribution in [0, 0.1) is 18.6 Å². The molecule has 0 bridgehead atoms. The topological polar surface area (TPSA) is 29.1 Å². The van der Waals surface area contributed by atoms with Crippen molar-refractivity contribution >= 4 is 17.7 Å². The quantitative estimate of drug-likeness (QED) is 0.844. The third-order valence-corrected chi connectivity index (χ3v) is 2.79. The lowest BCUT2D eigenvalue weighted by atomic mass is 10.1. The van der Waals surface area contributed by atoms with Gasteiger partial charge in [-0.05, 0) is 36.3 Å². The molecule has 0 heterocycles. The Kier molecular flexibility index (Phi) is 4.25. The van der Waals surface area contributed by atoms with E-state index in [1.165, 1.54) is 12.1 Å². The van der Waals surface area contributed by atoms with E-state index in [-0.39, 0.29) is 5.69 Å². The zero-order valence-corrected chi connectivity index (χ0v) is 10.9. The molecule has 0 aliphatic heterocycles. The van der Waals surface area contributed by atoms with Crippen molar-refractivity contribution in [2.24, 2.45) is 0 Å². The van der Waals surface area contributed by atoms with Gasteiger partial charge < -0.3 is 5.32 Å². The normalized spacial score (nSPS) is 10.8. The average molecular weight is 273 g/mol. The van der Waals surface area contributed by atoms with Crippen LogP contribution < -0.4 is 5.32 Å². The summed E-state index contributed by atoms with van der Waals surface area (Å²) in [5.74, 6) is -2.34. The van der Waals surface area contributed by atoms with Gasteiger partial charge in [-0.15, -0.1) is 0 Å². The van der Waals surface area contributed by atoms with Crippen molar-refractivity contribution in [2.75, 3.05) is 5.32 Å². The number of amides is 1. The first-order chi connectivity index (χ1) is 9.56. The minimum atomic E-state index is -0.995. The van der Waals surface area contributed by atoms with Crippen LogP contribution in [0.3, 0.4) is 0 Å². The lowest BCUT2D eigenvalue weighted by molar-refractivity contribution is -0.111. The Labute approximate surface area is 115 Å². The van der Waals surface area contributed by atoms with Crippen molar-refractivity contribution in [3.8, 4) is 0 Å². The molecule has 20 heavy (non-hydrogen) atoms. The minimum absolute atomic E-state index is 0.211. The number of hydrogen-bond acceptors (Lipinski definition) is 1. The van der Waals surface area contributed by atoms with Crippen LogP contribution >= 0.6 is 0 Å². The molecule has 4 heteroatoms. The van der Waals surface area contributed by atoms with E-state index in [9.17, 15) is 13.6 Å². The van der Waals surface area contributed by atoms with Crippen LogP contribution in [-0.4, -0.2) is 5.91 Å². The molecule has 1 amide bonds. The summed E-state index contributed by atoms with van der Waals surface area (Å²) in [7, 11) is 0. The standard InChI is InChI=1S/C16H13F2NO/c1-11-4-2-3-5-12(11)6-9-16(20)19-13-7-8-14(17)15(18)10-13/h2-10H,1H3,(H,19,20)/b9-6+. The number of nitrogens with one attached hydrogen (secondary N) is 1. The molecule has 102 valence electrons. The lowest BCUT2D eigenvalue weighted by Crippen LogP contribution is -2.08. The predicted octanol–water partition coefficient (Wildman–Crippen LogP) is 3.93. The maximum Gasteiger partial charge on any atom is 0.248 e. The van der Waals surface area contributed by atoms with Crippen molar-refractivity contribution in [3.63, 3.8) is 0 Å². The number of halogens is 2. The number of hydrogen-bond donors (Lipinski definition) is 1. The van der Waals surface area contributed by atoms with Gasteiger partial charge in [0.2, 0.25) is 5.91 Å². The van der Waals surface area contributed by atoms with Crippen molar-refractivity contribution in [1.82, 2.24) is 0 Å². The van der Waals surface area contributed by atoms with Gasteiger partial charge in [-0.3, -0.25) is 4.79 Å². The van der Waals surface area contributed by atoms with E-state index in [1.807, 2.05) is 31.2 Å². The molecule has 0 radical (unpaired) electrons. The SMILES string of the molecule is Cc1ccccc1/C=C/C(=O)Nc1ccc(F)c(F)c1. The van der Waals surface area contributed by atoms with Gasteiger partial charge in [0.25, 0.3) is 0 Å². The Balaban J connectivity index is 2.06. The molecule has 0 spiro atoms. The molecule has 0 unspecified atom stereocenters. The molecular formula is C16H13F2NO. The molecule has 0 atom stereocenters. The van der Waals surface area contributed by atoms with Gasteiger partial charge >= 0.3 is 0 Å². The van der Waals surface area contributed by atoms with Gasteiger partial charge in [0.1, 0.15) is 0 Å². The highest BCUT2D eigenvalue weighted by atomic mass is 19.2. The van der Waals surface area contributed by atoms with E-state index in [2.05, 4.69) is 5.32 Å². The summed E-state index contributed by atoms with van der Waals surface area (Å²) in [6.45, 7) is 1.94. The molecule has 2 nitrogen and oxygen atoms in total.